The van der Waals surface area contributed by atoms with Gasteiger partial charge in [0.05, 0.1) is 6.04 Å². The summed E-state index contributed by atoms with van der Waals surface area (Å²) in [5, 5.41) is 5.15. The Morgan fingerprint density at radius 3 is 2.55 bits per heavy atom. The summed E-state index contributed by atoms with van der Waals surface area (Å²) in [5.41, 5.74) is 1.22. The summed E-state index contributed by atoms with van der Waals surface area (Å²) in [6, 6.07) is 7.65. The fourth-order valence-corrected chi connectivity index (χ4v) is 2.28. The second-order valence-electron chi connectivity index (χ2n) is 5.77. The molecule has 0 radical (unpaired) electrons. The summed E-state index contributed by atoms with van der Waals surface area (Å²) in [5.74, 6) is -0.267. The number of carbonyl (C=O) groups excluding carboxylic acids is 2. The van der Waals surface area contributed by atoms with Gasteiger partial charge in [-0.2, -0.15) is 0 Å². The molecule has 1 aromatic rings. The number of urea groups is 1. The Balaban J connectivity index is 1.74. The van der Waals surface area contributed by atoms with Gasteiger partial charge in [0.25, 0.3) is 0 Å². The normalized spacial score (nSPS) is 15.5. The summed E-state index contributed by atoms with van der Waals surface area (Å²) in [6.07, 6.45) is 2.87. The molecular weight excluding hydrogens is 346 g/mol. The Morgan fingerprint density at radius 1 is 1.32 bits per heavy atom. The largest absolute Gasteiger partial charge is 0.335 e. The first-order valence-corrected chi connectivity index (χ1v) is 8.31. The molecule has 0 aromatic heterocycles. The zero-order valence-electron chi connectivity index (χ0n) is 12.9. The number of amides is 3. The molecule has 0 saturated heterocycles. The maximum atomic E-state index is 12.0. The van der Waals surface area contributed by atoms with Crippen LogP contribution in [-0.4, -0.2) is 42.5 Å². The molecule has 3 amide bonds. The molecule has 5 nitrogen and oxygen atoms in total. The fourth-order valence-electron chi connectivity index (χ4n) is 2.02. The van der Waals surface area contributed by atoms with Crippen molar-refractivity contribution in [3.63, 3.8) is 0 Å². The van der Waals surface area contributed by atoms with Crippen molar-refractivity contribution in [2.45, 2.75) is 38.3 Å². The SMILES string of the molecule is CC(C(=O)NC(=O)NC1CC1)N(C)CCc1ccc(Br)cc1. The van der Waals surface area contributed by atoms with Crippen LogP contribution in [0.1, 0.15) is 25.3 Å². The molecule has 1 unspecified atom stereocenters. The lowest BCUT2D eigenvalue weighted by Crippen LogP contribution is -2.49. The monoisotopic (exact) mass is 367 g/mol. The van der Waals surface area contributed by atoms with E-state index in [1.165, 1.54) is 5.56 Å². The van der Waals surface area contributed by atoms with Crippen LogP contribution in [0.2, 0.25) is 0 Å². The Bertz CT molecular complexity index is 529. The number of nitrogens with zero attached hydrogens (tertiary/aromatic N) is 1. The Kier molecular flexibility index (Phi) is 5.97. The van der Waals surface area contributed by atoms with E-state index in [2.05, 4.69) is 38.7 Å². The van der Waals surface area contributed by atoms with Crippen molar-refractivity contribution in [2.24, 2.45) is 0 Å². The number of hydrogen-bond acceptors (Lipinski definition) is 3. The van der Waals surface area contributed by atoms with E-state index in [0.29, 0.717) is 0 Å². The van der Waals surface area contributed by atoms with E-state index in [9.17, 15) is 9.59 Å². The molecule has 0 aliphatic heterocycles. The molecule has 1 aliphatic carbocycles. The highest BCUT2D eigenvalue weighted by molar-refractivity contribution is 9.10. The molecule has 1 fully saturated rings. The van der Waals surface area contributed by atoms with E-state index in [0.717, 1.165) is 30.3 Å². The van der Waals surface area contributed by atoms with E-state index in [4.69, 9.17) is 0 Å². The Morgan fingerprint density at radius 2 is 1.95 bits per heavy atom. The molecule has 1 saturated carbocycles. The molecule has 1 aliphatic rings. The molecule has 0 heterocycles. The Hall–Kier alpha value is -1.40. The number of likely N-dealkylation sites (N-methyl/N-ethyl adjacent to an activating group) is 1. The minimum Gasteiger partial charge on any atom is -0.335 e. The van der Waals surface area contributed by atoms with Crippen molar-refractivity contribution < 1.29 is 9.59 Å². The molecule has 120 valence electrons. The third-order valence-corrected chi connectivity index (χ3v) is 4.39. The average molecular weight is 368 g/mol. The van der Waals surface area contributed by atoms with Gasteiger partial charge in [0.2, 0.25) is 5.91 Å². The number of hydrogen-bond donors (Lipinski definition) is 2. The topological polar surface area (TPSA) is 61.4 Å². The number of nitrogens with one attached hydrogen (secondary N) is 2. The van der Waals surface area contributed by atoms with Crippen LogP contribution >= 0.6 is 15.9 Å². The van der Waals surface area contributed by atoms with E-state index >= 15 is 0 Å². The fraction of sp³-hybridized carbons (Fsp3) is 0.500. The second-order valence-corrected chi connectivity index (χ2v) is 6.69. The van der Waals surface area contributed by atoms with Crippen molar-refractivity contribution >= 4 is 27.9 Å². The van der Waals surface area contributed by atoms with Crippen LogP contribution in [-0.2, 0) is 11.2 Å². The van der Waals surface area contributed by atoms with Crippen molar-refractivity contribution in [2.75, 3.05) is 13.6 Å². The van der Waals surface area contributed by atoms with E-state index < -0.39 is 0 Å². The van der Waals surface area contributed by atoms with Crippen molar-refractivity contribution in [3.8, 4) is 0 Å². The highest BCUT2D eigenvalue weighted by Gasteiger charge is 2.25. The molecular formula is C16H22BrN3O2. The van der Waals surface area contributed by atoms with Gasteiger partial charge in [-0.25, -0.2) is 4.79 Å². The summed E-state index contributed by atoms with van der Waals surface area (Å²) >= 11 is 3.41. The van der Waals surface area contributed by atoms with Crippen LogP contribution in [0.3, 0.4) is 0 Å². The van der Waals surface area contributed by atoms with E-state index in [1.807, 2.05) is 24.1 Å². The predicted octanol–water partition coefficient (Wildman–Crippen LogP) is 2.30. The van der Waals surface area contributed by atoms with Crippen LogP contribution in [0.5, 0.6) is 0 Å². The van der Waals surface area contributed by atoms with Gasteiger partial charge >= 0.3 is 6.03 Å². The molecule has 1 aromatic carbocycles. The third-order valence-electron chi connectivity index (χ3n) is 3.86. The number of halogens is 1. The van der Waals surface area contributed by atoms with Gasteiger partial charge in [0.1, 0.15) is 0 Å². The van der Waals surface area contributed by atoms with E-state index in [1.54, 1.807) is 6.92 Å². The second kappa shape index (κ2) is 7.74. The quantitative estimate of drug-likeness (QED) is 0.810. The number of imide groups is 1. The first-order valence-electron chi connectivity index (χ1n) is 7.51. The molecule has 1 atom stereocenters. The third kappa shape index (κ3) is 5.42. The lowest BCUT2D eigenvalue weighted by Gasteiger charge is -2.23. The minimum absolute atomic E-state index is 0.248. The van der Waals surface area contributed by atoms with Crippen LogP contribution in [0, 0.1) is 0 Å². The zero-order chi connectivity index (χ0) is 16.1. The first-order chi connectivity index (χ1) is 10.5. The number of rotatable bonds is 6. The summed E-state index contributed by atoms with van der Waals surface area (Å²) < 4.78 is 1.05. The van der Waals surface area contributed by atoms with E-state index in [-0.39, 0.29) is 24.0 Å². The molecule has 2 rings (SSSR count). The summed E-state index contributed by atoms with van der Waals surface area (Å²) in [6.45, 7) is 2.56. The minimum atomic E-state index is -0.388. The van der Waals surface area contributed by atoms with Gasteiger partial charge in [0.15, 0.2) is 0 Å². The van der Waals surface area contributed by atoms with Crippen molar-refractivity contribution in [1.82, 2.24) is 15.5 Å². The van der Waals surface area contributed by atoms with Gasteiger partial charge in [-0.3, -0.25) is 15.0 Å². The van der Waals surface area contributed by atoms with Gasteiger partial charge in [0, 0.05) is 17.1 Å². The smallest absolute Gasteiger partial charge is 0.321 e. The van der Waals surface area contributed by atoms with Crippen LogP contribution in [0.25, 0.3) is 0 Å². The molecule has 2 N–H and O–H groups in total. The van der Waals surface area contributed by atoms with Gasteiger partial charge < -0.3 is 5.32 Å². The highest BCUT2D eigenvalue weighted by atomic mass is 79.9. The van der Waals surface area contributed by atoms with Crippen molar-refractivity contribution in [3.05, 3.63) is 34.3 Å². The average Bonchev–Trinajstić information content (AvgIpc) is 3.29. The van der Waals surface area contributed by atoms with Gasteiger partial charge in [-0.15, -0.1) is 0 Å². The maximum Gasteiger partial charge on any atom is 0.321 e. The van der Waals surface area contributed by atoms with Gasteiger partial charge in [-0.1, -0.05) is 28.1 Å². The van der Waals surface area contributed by atoms with Crippen molar-refractivity contribution in [1.29, 1.82) is 0 Å². The lowest BCUT2D eigenvalue weighted by molar-refractivity contribution is -0.124. The molecule has 0 spiro atoms. The van der Waals surface area contributed by atoms with Crippen LogP contribution < -0.4 is 10.6 Å². The summed E-state index contributed by atoms with van der Waals surface area (Å²) in [7, 11) is 1.89. The van der Waals surface area contributed by atoms with Crippen LogP contribution in [0.4, 0.5) is 4.79 Å². The predicted molar refractivity (Wildman–Crippen MR) is 89.6 cm³/mol. The first kappa shape index (κ1) is 17.0. The molecule has 22 heavy (non-hydrogen) atoms. The van der Waals surface area contributed by atoms with Crippen LogP contribution in [0.15, 0.2) is 28.7 Å². The summed E-state index contributed by atoms with van der Waals surface area (Å²) in [4.78, 5) is 25.6. The molecule has 0 bridgehead atoms. The highest BCUT2D eigenvalue weighted by Crippen LogP contribution is 2.18. The standard InChI is InChI=1S/C16H22BrN3O2/c1-11(15(21)19-16(22)18-14-7-8-14)20(2)10-9-12-3-5-13(17)6-4-12/h3-6,11,14H,7-10H2,1-2H3,(H2,18,19,21,22). The number of benzene rings is 1. The number of carbonyl (C=O) groups is 2. The zero-order valence-corrected chi connectivity index (χ0v) is 14.5. The maximum absolute atomic E-state index is 12.0. The molecule has 6 heteroatoms. The van der Waals surface area contributed by atoms with Gasteiger partial charge in [-0.05, 0) is 50.9 Å². The lowest BCUT2D eigenvalue weighted by atomic mass is 10.1. The Labute approximate surface area is 139 Å².